The Labute approximate surface area is 131 Å². The van der Waals surface area contributed by atoms with Gasteiger partial charge in [0.2, 0.25) is 0 Å². The highest BCUT2D eigenvalue weighted by atomic mass is 16.6. The van der Waals surface area contributed by atoms with E-state index in [4.69, 9.17) is 9.47 Å². The third-order valence-corrected chi connectivity index (χ3v) is 4.31. The fourth-order valence-corrected chi connectivity index (χ4v) is 3.35. The molecule has 0 spiro atoms. The van der Waals surface area contributed by atoms with Crippen LogP contribution < -0.4 is 0 Å². The van der Waals surface area contributed by atoms with Gasteiger partial charge in [0, 0.05) is 0 Å². The standard InChI is InChI=1S/C18H23NO3/c1-2-6-15-9-16-12-21-13-17(10-15)19(16)18(20)22-11-14-7-4-3-5-8-14/h3-8,16-17H,2,9-13H2,1H3. The van der Waals surface area contributed by atoms with Crippen LogP contribution in [0.1, 0.15) is 31.7 Å². The van der Waals surface area contributed by atoms with Crippen molar-refractivity contribution >= 4 is 6.09 Å². The Bertz CT molecular complexity index is 525. The molecule has 2 heterocycles. The lowest BCUT2D eigenvalue weighted by molar-refractivity contribution is -0.0559. The van der Waals surface area contributed by atoms with Gasteiger partial charge >= 0.3 is 6.09 Å². The lowest BCUT2D eigenvalue weighted by Gasteiger charge is -2.45. The summed E-state index contributed by atoms with van der Waals surface area (Å²) in [6.07, 6.45) is 4.94. The number of allylic oxidation sites excluding steroid dienone is 1. The molecule has 22 heavy (non-hydrogen) atoms. The Hall–Kier alpha value is -1.81. The van der Waals surface area contributed by atoms with E-state index in [0.29, 0.717) is 19.8 Å². The summed E-state index contributed by atoms with van der Waals surface area (Å²) < 4.78 is 11.1. The molecule has 1 aromatic rings. The molecule has 4 nitrogen and oxygen atoms in total. The molecule has 2 fully saturated rings. The third kappa shape index (κ3) is 3.33. The number of nitrogens with zero attached hydrogens (tertiary/aromatic N) is 1. The van der Waals surface area contributed by atoms with E-state index < -0.39 is 0 Å². The van der Waals surface area contributed by atoms with Crippen molar-refractivity contribution in [2.45, 2.75) is 44.9 Å². The minimum atomic E-state index is -0.210. The summed E-state index contributed by atoms with van der Waals surface area (Å²) in [6.45, 7) is 3.70. The average Bonchev–Trinajstić information content (AvgIpc) is 2.53. The SMILES string of the molecule is CCC=C1CC2COCC(C1)N2C(=O)OCc1ccccc1. The van der Waals surface area contributed by atoms with Gasteiger partial charge in [-0.1, -0.05) is 48.9 Å². The van der Waals surface area contributed by atoms with Crippen molar-refractivity contribution in [2.75, 3.05) is 13.2 Å². The van der Waals surface area contributed by atoms with E-state index in [2.05, 4.69) is 13.0 Å². The highest BCUT2D eigenvalue weighted by Gasteiger charge is 2.40. The Balaban J connectivity index is 1.63. The van der Waals surface area contributed by atoms with Crippen LogP contribution in [0.4, 0.5) is 4.79 Å². The van der Waals surface area contributed by atoms with Crippen molar-refractivity contribution < 1.29 is 14.3 Å². The third-order valence-electron chi connectivity index (χ3n) is 4.31. The summed E-state index contributed by atoms with van der Waals surface area (Å²) in [7, 11) is 0. The van der Waals surface area contributed by atoms with Gasteiger partial charge in [0.05, 0.1) is 25.3 Å². The molecule has 2 aliphatic rings. The van der Waals surface area contributed by atoms with E-state index in [9.17, 15) is 4.79 Å². The van der Waals surface area contributed by atoms with Crippen molar-refractivity contribution in [1.82, 2.24) is 4.90 Å². The first kappa shape index (κ1) is 15.1. The van der Waals surface area contributed by atoms with E-state index in [1.54, 1.807) is 0 Å². The van der Waals surface area contributed by atoms with Gasteiger partial charge in [0.25, 0.3) is 0 Å². The van der Waals surface area contributed by atoms with Gasteiger partial charge in [-0.2, -0.15) is 0 Å². The van der Waals surface area contributed by atoms with Gasteiger partial charge in [-0.15, -0.1) is 0 Å². The summed E-state index contributed by atoms with van der Waals surface area (Å²) in [6, 6.07) is 10.0. The van der Waals surface area contributed by atoms with Crippen LogP contribution in [0, 0.1) is 0 Å². The first-order chi connectivity index (χ1) is 10.8. The average molecular weight is 301 g/mol. The molecular formula is C18H23NO3. The fraction of sp³-hybridized carbons (Fsp3) is 0.500. The zero-order chi connectivity index (χ0) is 15.4. The molecule has 118 valence electrons. The normalized spacial score (nSPS) is 24.0. The number of hydrogen-bond acceptors (Lipinski definition) is 3. The highest BCUT2D eigenvalue weighted by molar-refractivity contribution is 5.69. The summed E-state index contributed by atoms with van der Waals surface area (Å²) in [4.78, 5) is 14.4. The predicted octanol–water partition coefficient (Wildman–Crippen LogP) is 3.52. The molecule has 0 radical (unpaired) electrons. The summed E-state index contributed by atoms with van der Waals surface area (Å²) in [5, 5.41) is 0. The number of rotatable bonds is 3. The van der Waals surface area contributed by atoms with Gasteiger partial charge in [0.15, 0.2) is 0 Å². The van der Waals surface area contributed by atoms with Crippen LogP contribution >= 0.6 is 0 Å². The molecule has 0 aromatic heterocycles. The first-order valence-corrected chi connectivity index (χ1v) is 8.02. The van der Waals surface area contributed by atoms with Gasteiger partial charge in [-0.3, -0.25) is 4.90 Å². The molecule has 3 rings (SSSR count). The zero-order valence-corrected chi connectivity index (χ0v) is 13.0. The van der Waals surface area contributed by atoms with E-state index in [-0.39, 0.29) is 18.2 Å². The molecule has 2 unspecified atom stereocenters. The molecule has 1 amide bonds. The van der Waals surface area contributed by atoms with Crippen LogP contribution in [0.3, 0.4) is 0 Å². The number of amides is 1. The van der Waals surface area contributed by atoms with Crippen LogP contribution in [0.25, 0.3) is 0 Å². The lowest BCUT2D eigenvalue weighted by Crippen LogP contribution is -2.57. The Morgan fingerprint density at radius 2 is 1.95 bits per heavy atom. The quantitative estimate of drug-likeness (QED) is 0.802. The molecule has 0 aliphatic carbocycles. The maximum atomic E-state index is 12.5. The van der Waals surface area contributed by atoms with Crippen molar-refractivity contribution in [1.29, 1.82) is 0 Å². The number of morpholine rings is 1. The van der Waals surface area contributed by atoms with Crippen molar-refractivity contribution in [3.63, 3.8) is 0 Å². The number of piperidine rings is 1. The van der Waals surface area contributed by atoms with E-state index in [1.165, 1.54) is 5.57 Å². The predicted molar refractivity (Wildman–Crippen MR) is 84.5 cm³/mol. The van der Waals surface area contributed by atoms with E-state index >= 15 is 0 Å². The maximum absolute atomic E-state index is 12.5. The molecule has 0 saturated carbocycles. The molecule has 2 atom stereocenters. The largest absolute Gasteiger partial charge is 0.445 e. The van der Waals surface area contributed by atoms with Gasteiger partial charge in [0.1, 0.15) is 6.61 Å². The summed E-state index contributed by atoms with van der Waals surface area (Å²) in [5.41, 5.74) is 2.47. The first-order valence-electron chi connectivity index (χ1n) is 8.02. The van der Waals surface area contributed by atoms with Crippen molar-refractivity contribution in [3.05, 3.63) is 47.5 Å². The number of ether oxygens (including phenoxy) is 2. The molecule has 1 aromatic carbocycles. The number of benzene rings is 1. The Morgan fingerprint density at radius 3 is 2.59 bits per heavy atom. The van der Waals surface area contributed by atoms with Gasteiger partial charge in [-0.25, -0.2) is 4.79 Å². The second kappa shape index (κ2) is 6.97. The molecule has 2 saturated heterocycles. The fourth-order valence-electron chi connectivity index (χ4n) is 3.35. The van der Waals surface area contributed by atoms with Crippen LogP contribution in [-0.4, -0.2) is 36.3 Å². The summed E-state index contributed by atoms with van der Waals surface area (Å²) in [5.74, 6) is 0. The topological polar surface area (TPSA) is 38.8 Å². The number of carbonyl (C=O) groups is 1. The number of fused-ring (bicyclic) bond motifs is 2. The monoisotopic (exact) mass is 301 g/mol. The van der Waals surface area contributed by atoms with Gasteiger partial charge < -0.3 is 9.47 Å². The molecule has 2 aliphatic heterocycles. The second-order valence-electron chi connectivity index (χ2n) is 5.97. The minimum absolute atomic E-state index is 0.119. The molecule has 2 bridgehead atoms. The second-order valence-corrected chi connectivity index (χ2v) is 5.97. The van der Waals surface area contributed by atoms with Crippen LogP contribution in [0.15, 0.2) is 42.0 Å². The Morgan fingerprint density at radius 1 is 1.27 bits per heavy atom. The molecular weight excluding hydrogens is 278 g/mol. The summed E-state index contributed by atoms with van der Waals surface area (Å²) >= 11 is 0. The highest BCUT2D eigenvalue weighted by Crippen LogP contribution is 2.32. The van der Waals surface area contributed by atoms with Crippen molar-refractivity contribution in [3.8, 4) is 0 Å². The smallest absolute Gasteiger partial charge is 0.410 e. The minimum Gasteiger partial charge on any atom is -0.445 e. The van der Waals surface area contributed by atoms with Crippen LogP contribution in [0.5, 0.6) is 0 Å². The molecule has 0 N–H and O–H groups in total. The van der Waals surface area contributed by atoms with E-state index in [0.717, 1.165) is 24.8 Å². The van der Waals surface area contributed by atoms with Crippen molar-refractivity contribution in [2.24, 2.45) is 0 Å². The number of carbonyl (C=O) groups excluding carboxylic acids is 1. The Kier molecular flexibility index (Phi) is 4.78. The zero-order valence-electron chi connectivity index (χ0n) is 13.0. The number of hydrogen-bond donors (Lipinski definition) is 0. The van der Waals surface area contributed by atoms with Crippen LogP contribution in [0.2, 0.25) is 0 Å². The van der Waals surface area contributed by atoms with Gasteiger partial charge in [-0.05, 0) is 24.8 Å². The van der Waals surface area contributed by atoms with Crippen LogP contribution in [-0.2, 0) is 16.1 Å². The molecule has 4 heteroatoms. The lowest BCUT2D eigenvalue weighted by atomic mass is 9.89. The maximum Gasteiger partial charge on any atom is 0.410 e. The van der Waals surface area contributed by atoms with E-state index in [1.807, 2.05) is 35.2 Å².